The van der Waals surface area contributed by atoms with E-state index in [4.69, 9.17) is 0 Å². The first-order valence-electron chi connectivity index (χ1n) is 14.9. The van der Waals surface area contributed by atoms with E-state index >= 15 is 0 Å². The maximum atomic E-state index is 4.40. The second kappa shape index (κ2) is 10.0. The minimum atomic E-state index is 1.12. The average Bonchev–Trinajstić information content (AvgIpc) is 3.47. The molecule has 2 nitrogen and oxygen atoms in total. The van der Waals surface area contributed by atoms with Gasteiger partial charge in [0.2, 0.25) is 0 Å². The van der Waals surface area contributed by atoms with E-state index in [9.17, 15) is 0 Å². The number of fused-ring (bicyclic) bond motifs is 8. The first-order chi connectivity index (χ1) is 21.8. The van der Waals surface area contributed by atoms with Crippen LogP contribution in [0.1, 0.15) is 0 Å². The van der Waals surface area contributed by atoms with Crippen molar-refractivity contribution < 1.29 is 0 Å². The van der Waals surface area contributed by atoms with E-state index in [-0.39, 0.29) is 0 Å². The van der Waals surface area contributed by atoms with Gasteiger partial charge in [-0.25, -0.2) is 0 Å². The van der Waals surface area contributed by atoms with Crippen LogP contribution in [-0.4, -0.2) is 4.98 Å². The quantitative estimate of drug-likeness (QED) is 0.193. The number of hydrogen-bond donors (Lipinski definition) is 0. The van der Waals surface area contributed by atoms with Crippen LogP contribution in [0.3, 0.4) is 0 Å². The largest absolute Gasteiger partial charge is 0.310 e. The molecule has 0 saturated heterocycles. The summed E-state index contributed by atoms with van der Waals surface area (Å²) in [6, 6.07) is 52.9. The molecule has 0 aliphatic rings. The van der Waals surface area contributed by atoms with E-state index in [1.165, 1.54) is 63.6 Å². The van der Waals surface area contributed by atoms with Crippen LogP contribution >= 0.6 is 11.3 Å². The topological polar surface area (TPSA) is 16.1 Å². The third-order valence-corrected chi connectivity index (χ3v) is 9.88. The van der Waals surface area contributed by atoms with Crippen LogP contribution in [0.5, 0.6) is 0 Å². The third-order valence-electron chi connectivity index (χ3n) is 8.73. The van der Waals surface area contributed by atoms with Crippen molar-refractivity contribution in [2.24, 2.45) is 0 Å². The summed E-state index contributed by atoms with van der Waals surface area (Å²) < 4.78 is 2.54. The van der Waals surface area contributed by atoms with Crippen LogP contribution in [-0.2, 0) is 0 Å². The van der Waals surface area contributed by atoms with Crippen LogP contribution in [0.4, 0.5) is 17.1 Å². The van der Waals surface area contributed by atoms with E-state index < -0.39 is 0 Å². The molecule has 0 aliphatic carbocycles. The zero-order chi connectivity index (χ0) is 29.0. The summed E-state index contributed by atoms with van der Waals surface area (Å²) in [6.07, 6.45) is 3.85. The highest BCUT2D eigenvalue weighted by Crippen LogP contribution is 2.41. The molecule has 2 heterocycles. The van der Waals surface area contributed by atoms with Crippen molar-refractivity contribution in [1.82, 2.24) is 4.98 Å². The minimum Gasteiger partial charge on any atom is -0.310 e. The van der Waals surface area contributed by atoms with Crippen LogP contribution in [0.25, 0.3) is 63.6 Å². The molecular weight excluding hydrogens is 553 g/mol. The molecule has 0 atom stereocenters. The molecule has 0 fully saturated rings. The van der Waals surface area contributed by atoms with Crippen molar-refractivity contribution in [2.45, 2.75) is 0 Å². The Kier molecular flexibility index (Phi) is 5.71. The molecule has 206 valence electrons. The van der Waals surface area contributed by atoms with Crippen LogP contribution < -0.4 is 4.90 Å². The number of para-hydroxylation sites is 1. The first kappa shape index (κ1) is 25.0. The average molecular weight is 579 g/mol. The second-order valence-electron chi connectivity index (χ2n) is 11.3. The molecule has 44 heavy (non-hydrogen) atoms. The molecular formula is C41H26N2S. The van der Waals surface area contributed by atoms with Crippen molar-refractivity contribution in [3.63, 3.8) is 0 Å². The van der Waals surface area contributed by atoms with E-state index in [0.717, 1.165) is 17.1 Å². The molecule has 0 bridgehead atoms. The van der Waals surface area contributed by atoms with Crippen molar-refractivity contribution in [2.75, 3.05) is 4.90 Å². The van der Waals surface area contributed by atoms with E-state index in [1.54, 1.807) is 0 Å². The summed E-state index contributed by atoms with van der Waals surface area (Å²) in [5, 5.41) is 10.2. The summed E-state index contributed by atoms with van der Waals surface area (Å²) in [6.45, 7) is 0. The minimum absolute atomic E-state index is 1.12. The van der Waals surface area contributed by atoms with Gasteiger partial charge in [-0.1, -0.05) is 91.0 Å². The second-order valence-corrected chi connectivity index (χ2v) is 12.3. The number of hydrogen-bond acceptors (Lipinski definition) is 3. The standard InChI is InChI=1S/C41H26N2S/c1-2-7-31(8-3-1)43(33-17-21-40-38(25-33)39-26-42-23-22-41(39)44-40)32-15-10-27(11-16-32)29-13-18-35-30(24-29)14-20-36-34-9-5-4-6-28(34)12-19-37(35)36/h1-26H. The Morgan fingerprint density at radius 2 is 1.07 bits per heavy atom. The summed E-state index contributed by atoms with van der Waals surface area (Å²) in [4.78, 5) is 6.74. The Labute approximate surface area is 259 Å². The Balaban J connectivity index is 1.12. The van der Waals surface area contributed by atoms with Gasteiger partial charge >= 0.3 is 0 Å². The lowest BCUT2D eigenvalue weighted by Crippen LogP contribution is -2.09. The van der Waals surface area contributed by atoms with Gasteiger partial charge in [0.1, 0.15) is 0 Å². The molecule has 0 unspecified atom stereocenters. The van der Waals surface area contributed by atoms with E-state index in [0.29, 0.717) is 0 Å². The molecule has 9 rings (SSSR count). The summed E-state index contributed by atoms with van der Waals surface area (Å²) in [5.41, 5.74) is 5.80. The SMILES string of the molecule is c1ccc(N(c2ccc(-c3ccc4c(ccc5c6ccccc6ccc45)c3)cc2)c2ccc3sc4ccncc4c3c2)cc1. The van der Waals surface area contributed by atoms with Gasteiger partial charge in [0.05, 0.1) is 0 Å². The maximum absolute atomic E-state index is 4.40. The Morgan fingerprint density at radius 1 is 0.409 bits per heavy atom. The fourth-order valence-corrected chi connectivity index (χ4v) is 7.64. The monoisotopic (exact) mass is 578 g/mol. The van der Waals surface area contributed by atoms with E-state index in [2.05, 4.69) is 155 Å². The molecule has 0 aliphatic heterocycles. The molecule has 0 spiro atoms. The zero-order valence-corrected chi connectivity index (χ0v) is 24.6. The maximum Gasteiger partial charge on any atom is 0.0468 e. The number of pyridine rings is 1. The molecule has 0 saturated carbocycles. The van der Waals surface area contributed by atoms with Gasteiger partial charge in [0.15, 0.2) is 0 Å². The zero-order valence-electron chi connectivity index (χ0n) is 23.8. The molecule has 0 N–H and O–H groups in total. The predicted octanol–water partition coefficient (Wildman–Crippen LogP) is 12.0. The molecule has 7 aromatic carbocycles. The van der Waals surface area contributed by atoms with Crippen molar-refractivity contribution >= 4 is 80.9 Å². The van der Waals surface area contributed by atoms with Crippen molar-refractivity contribution in [3.05, 3.63) is 158 Å². The van der Waals surface area contributed by atoms with Gasteiger partial charge < -0.3 is 4.90 Å². The fourth-order valence-electron chi connectivity index (χ4n) is 6.58. The Bertz CT molecular complexity index is 2490. The molecule has 9 aromatic rings. The highest BCUT2D eigenvalue weighted by molar-refractivity contribution is 7.25. The summed E-state index contributed by atoms with van der Waals surface area (Å²) >= 11 is 1.82. The van der Waals surface area contributed by atoms with Crippen LogP contribution in [0, 0.1) is 0 Å². The van der Waals surface area contributed by atoms with Gasteiger partial charge in [0.25, 0.3) is 0 Å². The fraction of sp³-hybridized carbons (Fsp3) is 0. The molecule has 0 radical (unpaired) electrons. The highest BCUT2D eigenvalue weighted by atomic mass is 32.1. The normalized spacial score (nSPS) is 11.6. The molecule has 2 aromatic heterocycles. The predicted molar refractivity (Wildman–Crippen MR) is 190 cm³/mol. The van der Waals surface area contributed by atoms with Gasteiger partial charge in [-0.3, -0.25) is 4.98 Å². The first-order valence-corrected chi connectivity index (χ1v) is 15.7. The lowest BCUT2D eigenvalue weighted by Gasteiger charge is -2.26. The number of rotatable bonds is 4. The number of nitrogens with zero attached hydrogens (tertiary/aromatic N) is 2. The number of benzene rings is 7. The number of thiophene rings is 1. The van der Waals surface area contributed by atoms with Gasteiger partial charge in [-0.05, 0) is 98.0 Å². The number of aromatic nitrogens is 1. The summed E-state index contributed by atoms with van der Waals surface area (Å²) in [7, 11) is 0. The lowest BCUT2D eigenvalue weighted by molar-refractivity contribution is 1.29. The Morgan fingerprint density at radius 3 is 1.93 bits per heavy atom. The van der Waals surface area contributed by atoms with Crippen molar-refractivity contribution in [1.29, 1.82) is 0 Å². The number of anilines is 3. The van der Waals surface area contributed by atoms with Crippen LogP contribution in [0.15, 0.2) is 158 Å². The lowest BCUT2D eigenvalue weighted by atomic mass is 9.95. The van der Waals surface area contributed by atoms with Gasteiger partial charge in [-0.2, -0.15) is 0 Å². The van der Waals surface area contributed by atoms with E-state index in [1.807, 2.05) is 23.7 Å². The third kappa shape index (κ3) is 4.05. The van der Waals surface area contributed by atoms with Gasteiger partial charge in [-0.15, -0.1) is 11.3 Å². The highest BCUT2D eigenvalue weighted by Gasteiger charge is 2.15. The van der Waals surface area contributed by atoms with Crippen molar-refractivity contribution in [3.8, 4) is 11.1 Å². The molecule has 0 amide bonds. The Hall–Kier alpha value is -5.51. The smallest absolute Gasteiger partial charge is 0.0468 e. The van der Waals surface area contributed by atoms with Crippen LogP contribution in [0.2, 0.25) is 0 Å². The van der Waals surface area contributed by atoms with Gasteiger partial charge in [0, 0.05) is 49.6 Å². The molecule has 3 heteroatoms. The summed E-state index contributed by atoms with van der Waals surface area (Å²) in [5.74, 6) is 0.